The number of amides is 2. The third kappa shape index (κ3) is 4.55. The van der Waals surface area contributed by atoms with Gasteiger partial charge in [0, 0.05) is 27.9 Å². The lowest BCUT2D eigenvalue weighted by Gasteiger charge is -2.10. The molecule has 0 aliphatic carbocycles. The number of carbonyl (C=O) groups excluding carboxylic acids is 2. The lowest BCUT2D eigenvalue weighted by molar-refractivity contribution is -0.137. The Labute approximate surface area is 174 Å². The Morgan fingerprint density at radius 1 is 0.806 bits per heavy atom. The highest BCUT2D eigenvalue weighted by atomic mass is 19.4. The summed E-state index contributed by atoms with van der Waals surface area (Å²) in [6.07, 6.45) is -2.83. The summed E-state index contributed by atoms with van der Waals surface area (Å²) in [6, 6.07) is 15.4. The largest absolute Gasteiger partial charge is 0.416 e. The number of H-pyrrole nitrogens is 1. The van der Waals surface area contributed by atoms with Gasteiger partial charge in [0.05, 0.1) is 17.3 Å². The number of hydrogen-bond donors (Lipinski definition) is 3. The molecule has 3 N–H and O–H groups in total. The van der Waals surface area contributed by atoms with E-state index in [1.54, 1.807) is 42.6 Å². The van der Waals surface area contributed by atoms with Gasteiger partial charge in [0.2, 0.25) is 0 Å². The molecule has 6 nitrogen and oxygen atoms in total. The predicted octanol–water partition coefficient (Wildman–Crippen LogP) is 5.09. The predicted molar refractivity (Wildman–Crippen MR) is 110 cm³/mol. The van der Waals surface area contributed by atoms with Crippen LogP contribution in [0.2, 0.25) is 0 Å². The molecule has 0 unspecified atom stereocenters. The summed E-state index contributed by atoms with van der Waals surface area (Å²) in [4.78, 5) is 24.9. The number of nitrogens with one attached hydrogen (secondary N) is 3. The molecular weight excluding hydrogens is 409 g/mol. The standard InChI is InChI=1S/C22H15F3N4O2/c23-22(24,25)16-6-4-13(5-7-16)20(30)27-17-3-1-2-14(10-17)21(31)28-18-8-9-19-15(11-18)12-26-29-19/h1-12H,(H,26,29)(H,27,30)(H,28,31). The van der Waals surface area contributed by atoms with E-state index < -0.39 is 17.6 Å². The Morgan fingerprint density at radius 2 is 1.48 bits per heavy atom. The topological polar surface area (TPSA) is 86.9 Å². The first-order chi connectivity index (χ1) is 14.8. The molecule has 1 aromatic heterocycles. The quantitative estimate of drug-likeness (QED) is 0.427. The molecule has 9 heteroatoms. The highest BCUT2D eigenvalue weighted by Gasteiger charge is 2.30. The van der Waals surface area contributed by atoms with Crippen LogP contribution in [0, 0.1) is 0 Å². The van der Waals surface area contributed by atoms with Crippen LogP contribution in [0.4, 0.5) is 24.5 Å². The van der Waals surface area contributed by atoms with Gasteiger partial charge in [0.1, 0.15) is 0 Å². The van der Waals surface area contributed by atoms with Gasteiger partial charge in [0.25, 0.3) is 11.8 Å². The number of nitrogens with zero attached hydrogens (tertiary/aromatic N) is 1. The van der Waals surface area contributed by atoms with Crippen LogP contribution in [0.15, 0.2) is 72.9 Å². The summed E-state index contributed by atoms with van der Waals surface area (Å²) in [5.41, 5.74) is 1.29. The summed E-state index contributed by atoms with van der Waals surface area (Å²) in [7, 11) is 0. The second-order valence-corrected chi connectivity index (χ2v) is 6.74. The minimum absolute atomic E-state index is 0.0660. The molecule has 31 heavy (non-hydrogen) atoms. The van der Waals surface area contributed by atoms with Crippen molar-refractivity contribution in [2.45, 2.75) is 6.18 Å². The number of carbonyl (C=O) groups is 2. The molecule has 0 saturated carbocycles. The van der Waals surface area contributed by atoms with Crippen LogP contribution in [0.5, 0.6) is 0 Å². The van der Waals surface area contributed by atoms with Crippen molar-refractivity contribution in [1.82, 2.24) is 10.2 Å². The summed E-state index contributed by atoms with van der Waals surface area (Å²) < 4.78 is 38.0. The SMILES string of the molecule is O=C(Nc1cccc(C(=O)Nc2ccc3[nH]ncc3c2)c1)c1ccc(C(F)(F)F)cc1. The molecule has 4 rings (SSSR count). The number of fused-ring (bicyclic) bond motifs is 1. The molecule has 0 saturated heterocycles. The maximum Gasteiger partial charge on any atom is 0.416 e. The lowest BCUT2D eigenvalue weighted by atomic mass is 10.1. The first-order valence-corrected chi connectivity index (χ1v) is 9.13. The number of aromatic nitrogens is 2. The number of halogens is 3. The first kappa shape index (κ1) is 20.1. The maximum absolute atomic E-state index is 12.7. The Kier molecular flexibility index (Phi) is 5.16. The normalized spacial score (nSPS) is 11.3. The van der Waals surface area contributed by atoms with Crippen LogP contribution in [0.3, 0.4) is 0 Å². The number of hydrogen-bond acceptors (Lipinski definition) is 3. The van der Waals surface area contributed by atoms with E-state index in [1.807, 2.05) is 0 Å². The van der Waals surface area contributed by atoms with E-state index in [0.717, 1.165) is 35.2 Å². The third-order valence-corrected chi connectivity index (χ3v) is 4.56. The van der Waals surface area contributed by atoms with E-state index >= 15 is 0 Å². The van der Waals surface area contributed by atoms with Crippen LogP contribution < -0.4 is 10.6 Å². The molecule has 0 aliphatic rings. The molecule has 0 spiro atoms. The van der Waals surface area contributed by atoms with Crippen LogP contribution in [-0.2, 0) is 6.18 Å². The molecule has 0 fully saturated rings. The van der Waals surface area contributed by atoms with Gasteiger partial charge in [-0.25, -0.2) is 0 Å². The number of aromatic amines is 1. The number of rotatable bonds is 4. The molecule has 4 aromatic rings. The van der Waals surface area contributed by atoms with Crippen LogP contribution in [-0.4, -0.2) is 22.0 Å². The van der Waals surface area contributed by atoms with Crippen molar-refractivity contribution in [2.75, 3.05) is 10.6 Å². The fourth-order valence-electron chi connectivity index (χ4n) is 2.98. The highest BCUT2D eigenvalue weighted by Crippen LogP contribution is 2.29. The van der Waals surface area contributed by atoms with Gasteiger partial charge in [-0.15, -0.1) is 0 Å². The molecule has 3 aromatic carbocycles. The minimum atomic E-state index is -4.47. The second kappa shape index (κ2) is 7.94. The third-order valence-electron chi connectivity index (χ3n) is 4.56. The second-order valence-electron chi connectivity index (χ2n) is 6.74. The fraction of sp³-hybridized carbons (Fsp3) is 0.0455. The van der Waals surface area contributed by atoms with E-state index in [1.165, 1.54) is 6.07 Å². The molecule has 2 amide bonds. The van der Waals surface area contributed by atoms with E-state index in [4.69, 9.17) is 0 Å². The van der Waals surface area contributed by atoms with Crippen molar-refractivity contribution >= 4 is 34.1 Å². The molecule has 1 heterocycles. The molecule has 0 atom stereocenters. The smallest absolute Gasteiger partial charge is 0.322 e. The molecule has 0 aliphatic heterocycles. The Bertz CT molecular complexity index is 1260. The fourth-order valence-corrected chi connectivity index (χ4v) is 2.98. The monoisotopic (exact) mass is 424 g/mol. The van der Waals surface area contributed by atoms with Crippen molar-refractivity contribution in [3.8, 4) is 0 Å². The van der Waals surface area contributed by atoms with Crippen molar-refractivity contribution in [2.24, 2.45) is 0 Å². The van der Waals surface area contributed by atoms with E-state index in [0.29, 0.717) is 16.9 Å². The van der Waals surface area contributed by atoms with Crippen molar-refractivity contribution in [3.05, 3.63) is 89.6 Å². The zero-order valence-corrected chi connectivity index (χ0v) is 15.8. The van der Waals surface area contributed by atoms with Gasteiger partial charge in [-0.2, -0.15) is 18.3 Å². The highest BCUT2D eigenvalue weighted by molar-refractivity contribution is 6.07. The Morgan fingerprint density at radius 3 is 2.19 bits per heavy atom. The van der Waals surface area contributed by atoms with Crippen LogP contribution >= 0.6 is 0 Å². The first-order valence-electron chi connectivity index (χ1n) is 9.13. The minimum Gasteiger partial charge on any atom is -0.322 e. The van der Waals surface area contributed by atoms with Gasteiger partial charge < -0.3 is 10.6 Å². The number of benzene rings is 3. The Balaban J connectivity index is 1.46. The van der Waals surface area contributed by atoms with E-state index in [2.05, 4.69) is 20.8 Å². The lowest BCUT2D eigenvalue weighted by Crippen LogP contribution is -2.15. The van der Waals surface area contributed by atoms with Crippen molar-refractivity contribution in [3.63, 3.8) is 0 Å². The summed E-state index contributed by atoms with van der Waals surface area (Å²) >= 11 is 0. The zero-order chi connectivity index (χ0) is 22.0. The molecule has 156 valence electrons. The van der Waals surface area contributed by atoms with Gasteiger partial charge >= 0.3 is 6.18 Å². The van der Waals surface area contributed by atoms with Crippen LogP contribution in [0.25, 0.3) is 10.9 Å². The zero-order valence-electron chi connectivity index (χ0n) is 15.8. The molecule has 0 radical (unpaired) electrons. The Hall–Kier alpha value is -4.14. The molecule has 0 bridgehead atoms. The van der Waals surface area contributed by atoms with Gasteiger partial charge in [-0.1, -0.05) is 6.07 Å². The van der Waals surface area contributed by atoms with Gasteiger partial charge in [-0.3, -0.25) is 14.7 Å². The van der Waals surface area contributed by atoms with Gasteiger partial charge in [-0.05, 0) is 60.7 Å². The van der Waals surface area contributed by atoms with Crippen molar-refractivity contribution < 1.29 is 22.8 Å². The number of alkyl halides is 3. The van der Waals surface area contributed by atoms with E-state index in [-0.39, 0.29) is 11.5 Å². The summed E-state index contributed by atoms with van der Waals surface area (Å²) in [6.45, 7) is 0. The average Bonchev–Trinajstić information content (AvgIpc) is 3.21. The molecular formula is C22H15F3N4O2. The number of anilines is 2. The van der Waals surface area contributed by atoms with E-state index in [9.17, 15) is 22.8 Å². The summed E-state index contributed by atoms with van der Waals surface area (Å²) in [5.74, 6) is -0.967. The summed E-state index contributed by atoms with van der Waals surface area (Å²) in [5, 5.41) is 12.9. The van der Waals surface area contributed by atoms with Crippen LogP contribution in [0.1, 0.15) is 26.3 Å². The maximum atomic E-state index is 12.7. The van der Waals surface area contributed by atoms with Crippen molar-refractivity contribution in [1.29, 1.82) is 0 Å². The average molecular weight is 424 g/mol. The van der Waals surface area contributed by atoms with Gasteiger partial charge in [0.15, 0.2) is 0 Å².